The maximum atomic E-state index is 14.4. The van der Waals surface area contributed by atoms with E-state index in [0.717, 1.165) is 49.7 Å². The Kier molecular flexibility index (Phi) is 7.37. The molecule has 1 aromatic carbocycles. The molecule has 5 saturated carbocycles. The summed E-state index contributed by atoms with van der Waals surface area (Å²) >= 11 is 0. The van der Waals surface area contributed by atoms with E-state index in [2.05, 4.69) is 71.6 Å². The molecule has 0 bridgehead atoms. The number of nitrogens with two attached hydrogens (primary N) is 1. The van der Waals surface area contributed by atoms with Crippen LogP contribution >= 0.6 is 0 Å². The predicted molar refractivity (Wildman–Crippen MR) is 171 cm³/mol. The molecule has 0 saturated heterocycles. The summed E-state index contributed by atoms with van der Waals surface area (Å²) in [6.45, 7) is 20.4. The molecule has 1 amide bonds. The van der Waals surface area contributed by atoms with Crippen molar-refractivity contribution in [1.82, 2.24) is 5.32 Å². The van der Waals surface area contributed by atoms with Crippen LogP contribution in [-0.2, 0) is 17.9 Å². The first-order valence-electron chi connectivity index (χ1n) is 17.1. The third-order valence-corrected chi connectivity index (χ3v) is 15.2. The van der Waals surface area contributed by atoms with Crippen molar-refractivity contribution in [3.8, 4) is 0 Å². The number of aliphatic hydroxyl groups is 1. The number of carbonyl (C=O) groups is 1. The van der Waals surface area contributed by atoms with E-state index in [1.54, 1.807) is 0 Å². The minimum Gasteiger partial charge on any atom is -0.393 e. The van der Waals surface area contributed by atoms with Gasteiger partial charge in [0.15, 0.2) is 0 Å². The molecular formula is C38H58N2O2. The Labute approximate surface area is 255 Å². The quantitative estimate of drug-likeness (QED) is 0.314. The van der Waals surface area contributed by atoms with E-state index in [-0.39, 0.29) is 39.1 Å². The molecule has 0 heterocycles. The first-order valence-corrected chi connectivity index (χ1v) is 17.1. The number of benzene rings is 1. The summed E-state index contributed by atoms with van der Waals surface area (Å²) in [6.07, 6.45) is 11.1. The molecule has 1 aromatic rings. The Hall–Kier alpha value is -1.65. The molecule has 9 unspecified atom stereocenters. The fraction of sp³-hybridized carbons (Fsp3) is 0.763. The highest BCUT2D eigenvalue weighted by Crippen LogP contribution is 2.77. The number of fused-ring (bicyclic) bond motifs is 7. The molecule has 0 spiro atoms. The molecule has 5 aliphatic carbocycles. The van der Waals surface area contributed by atoms with E-state index < -0.39 is 0 Å². The highest BCUT2D eigenvalue weighted by atomic mass is 16.3. The molecule has 0 aromatic heterocycles. The SMILES string of the molecule is C=C(C)C1CCC2(C(=O)NCc3cccc(CN)c3)CC[C@]3(C)C(CCC4C5(C)CCC(O)C(C)(C)C5CCC43C)C12. The summed E-state index contributed by atoms with van der Waals surface area (Å²) in [6, 6.07) is 8.33. The van der Waals surface area contributed by atoms with Gasteiger partial charge in [-0.2, -0.15) is 0 Å². The Morgan fingerprint density at radius 3 is 2.38 bits per heavy atom. The standard InChI is InChI=1S/C38H58N2O2/c1-24(2)27-13-18-38(33(42)40-23-26-10-8-9-25(21-26)22-39)20-19-36(6)28(32(27)38)11-12-30-35(5)16-15-31(41)34(3,4)29(35)14-17-37(30,36)7/h8-10,21,27-32,41H,1,11-20,22-23,39H2,2-7H3,(H,40,42)/t27?,28?,29?,30?,31?,32?,35?,36-,37?,38?/m1/s1. The van der Waals surface area contributed by atoms with Crippen LogP contribution in [0.15, 0.2) is 36.4 Å². The molecule has 10 atom stereocenters. The molecule has 42 heavy (non-hydrogen) atoms. The number of nitrogens with one attached hydrogen (secondary N) is 1. The van der Waals surface area contributed by atoms with Gasteiger partial charge < -0.3 is 16.2 Å². The monoisotopic (exact) mass is 574 g/mol. The lowest BCUT2D eigenvalue weighted by Gasteiger charge is -2.72. The number of rotatable bonds is 5. The number of carbonyl (C=O) groups excluding carboxylic acids is 1. The van der Waals surface area contributed by atoms with E-state index in [9.17, 15) is 9.90 Å². The van der Waals surface area contributed by atoms with E-state index in [0.29, 0.717) is 42.7 Å². The van der Waals surface area contributed by atoms with Crippen LogP contribution in [0, 0.1) is 56.7 Å². The number of amides is 1. The van der Waals surface area contributed by atoms with Crippen molar-refractivity contribution in [1.29, 1.82) is 0 Å². The van der Waals surface area contributed by atoms with Crippen molar-refractivity contribution in [2.75, 3.05) is 0 Å². The Balaban J connectivity index is 1.32. The molecule has 4 nitrogen and oxygen atoms in total. The van der Waals surface area contributed by atoms with Gasteiger partial charge in [0.1, 0.15) is 0 Å². The summed E-state index contributed by atoms with van der Waals surface area (Å²) in [5.41, 5.74) is 9.85. The van der Waals surface area contributed by atoms with Crippen molar-refractivity contribution >= 4 is 5.91 Å². The normalized spacial score (nSPS) is 45.6. The second-order valence-corrected chi connectivity index (χ2v) is 16.9. The van der Waals surface area contributed by atoms with Gasteiger partial charge in [-0.05, 0) is 134 Å². The van der Waals surface area contributed by atoms with Gasteiger partial charge in [0.25, 0.3) is 0 Å². The minimum atomic E-state index is -0.291. The van der Waals surface area contributed by atoms with Crippen LogP contribution in [-0.4, -0.2) is 17.1 Å². The van der Waals surface area contributed by atoms with E-state index >= 15 is 0 Å². The minimum absolute atomic E-state index is 0.0218. The fourth-order valence-corrected chi connectivity index (χ4v) is 12.7. The zero-order chi connectivity index (χ0) is 30.3. The van der Waals surface area contributed by atoms with E-state index in [1.807, 2.05) is 6.07 Å². The van der Waals surface area contributed by atoms with Crippen LogP contribution in [0.4, 0.5) is 0 Å². The Morgan fingerprint density at radius 2 is 1.67 bits per heavy atom. The lowest BCUT2D eigenvalue weighted by atomic mass is 9.32. The zero-order valence-corrected chi connectivity index (χ0v) is 27.4. The molecule has 232 valence electrons. The number of hydrogen-bond donors (Lipinski definition) is 3. The molecule has 0 radical (unpaired) electrons. The van der Waals surface area contributed by atoms with Crippen molar-refractivity contribution in [3.05, 3.63) is 47.5 Å². The second kappa shape index (κ2) is 10.2. The van der Waals surface area contributed by atoms with Gasteiger partial charge in [-0.25, -0.2) is 0 Å². The van der Waals surface area contributed by atoms with Gasteiger partial charge in [-0.1, -0.05) is 71.0 Å². The van der Waals surface area contributed by atoms with Crippen LogP contribution < -0.4 is 11.1 Å². The average Bonchev–Trinajstić information content (AvgIpc) is 3.36. The van der Waals surface area contributed by atoms with Crippen LogP contribution in [0.25, 0.3) is 0 Å². The third kappa shape index (κ3) is 4.09. The second-order valence-electron chi connectivity index (χ2n) is 16.9. The summed E-state index contributed by atoms with van der Waals surface area (Å²) < 4.78 is 0. The van der Waals surface area contributed by atoms with E-state index in [4.69, 9.17) is 5.73 Å². The Morgan fingerprint density at radius 1 is 0.929 bits per heavy atom. The van der Waals surface area contributed by atoms with Gasteiger partial charge in [0.05, 0.1) is 11.5 Å². The molecule has 4 N–H and O–H groups in total. The highest BCUT2D eigenvalue weighted by molar-refractivity contribution is 5.84. The third-order valence-electron chi connectivity index (χ3n) is 15.2. The molecular weight excluding hydrogens is 516 g/mol. The van der Waals surface area contributed by atoms with Gasteiger partial charge in [-0.15, -0.1) is 0 Å². The topological polar surface area (TPSA) is 75.4 Å². The zero-order valence-electron chi connectivity index (χ0n) is 27.4. The largest absolute Gasteiger partial charge is 0.393 e. The molecule has 5 aliphatic rings. The molecule has 4 heteroatoms. The number of allylic oxidation sites excluding steroid dienone is 1. The fourth-order valence-electron chi connectivity index (χ4n) is 12.7. The van der Waals surface area contributed by atoms with Crippen molar-refractivity contribution in [2.45, 2.75) is 125 Å². The lowest BCUT2D eigenvalue weighted by molar-refractivity contribution is -0.246. The highest BCUT2D eigenvalue weighted by Gasteiger charge is 2.71. The van der Waals surface area contributed by atoms with Crippen LogP contribution in [0.2, 0.25) is 0 Å². The maximum Gasteiger partial charge on any atom is 0.226 e. The lowest BCUT2D eigenvalue weighted by Crippen LogP contribution is -2.67. The summed E-state index contributed by atoms with van der Waals surface area (Å²) in [5.74, 6) is 2.88. The summed E-state index contributed by atoms with van der Waals surface area (Å²) in [5, 5.41) is 14.5. The first kappa shape index (κ1) is 30.4. The number of hydrogen-bond acceptors (Lipinski definition) is 3. The van der Waals surface area contributed by atoms with Crippen LogP contribution in [0.1, 0.15) is 117 Å². The number of aliphatic hydroxyl groups excluding tert-OH is 1. The van der Waals surface area contributed by atoms with Crippen molar-refractivity contribution < 1.29 is 9.90 Å². The van der Waals surface area contributed by atoms with Crippen molar-refractivity contribution in [3.63, 3.8) is 0 Å². The van der Waals surface area contributed by atoms with Crippen molar-refractivity contribution in [2.24, 2.45) is 62.4 Å². The molecule has 6 rings (SSSR count). The molecule has 0 aliphatic heterocycles. The maximum absolute atomic E-state index is 14.4. The summed E-state index contributed by atoms with van der Waals surface area (Å²) in [4.78, 5) is 14.4. The average molecular weight is 575 g/mol. The van der Waals surface area contributed by atoms with Gasteiger partial charge in [0.2, 0.25) is 5.91 Å². The first-order chi connectivity index (χ1) is 19.7. The predicted octanol–water partition coefficient (Wildman–Crippen LogP) is 7.78. The van der Waals surface area contributed by atoms with Crippen LogP contribution in [0.5, 0.6) is 0 Å². The van der Waals surface area contributed by atoms with Gasteiger partial charge in [-0.3, -0.25) is 4.79 Å². The van der Waals surface area contributed by atoms with Gasteiger partial charge in [0, 0.05) is 13.1 Å². The Bertz CT molecular complexity index is 1240. The van der Waals surface area contributed by atoms with E-state index in [1.165, 1.54) is 31.3 Å². The smallest absolute Gasteiger partial charge is 0.226 e. The molecule has 5 fully saturated rings. The van der Waals surface area contributed by atoms with Gasteiger partial charge >= 0.3 is 0 Å². The summed E-state index contributed by atoms with van der Waals surface area (Å²) in [7, 11) is 0. The van der Waals surface area contributed by atoms with Crippen LogP contribution in [0.3, 0.4) is 0 Å².